The second-order valence-corrected chi connectivity index (χ2v) is 13.7. The minimum absolute atomic E-state index is 0.271. The molecule has 2 aliphatic heterocycles. The van der Waals surface area contributed by atoms with Crippen LogP contribution in [0.1, 0.15) is 12.5 Å². The van der Waals surface area contributed by atoms with Crippen molar-refractivity contribution in [2.24, 2.45) is 0 Å². The summed E-state index contributed by atoms with van der Waals surface area (Å²) in [5.74, 6) is 0.789. The molecule has 4 unspecified atom stereocenters. The molecule has 5 N–H and O–H groups in total. The first kappa shape index (κ1) is 34.8. The van der Waals surface area contributed by atoms with Gasteiger partial charge in [-0.1, -0.05) is 12.2 Å². The monoisotopic (exact) mass is 746 g/mol. The van der Waals surface area contributed by atoms with Crippen molar-refractivity contribution in [1.29, 1.82) is 0 Å². The van der Waals surface area contributed by atoms with E-state index in [1.807, 2.05) is 12.2 Å². The molecule has 2 saturated heterocycles. The number of ether oxygens (including phenoxy) is 2. The van der Waals surface area contributed by atoms with Crippen LogP contribution in [0.25, 0.3) is 22.3 Å². The first-order valence-electron chi connectivity index (χ1n) is 14.2. The highest BCUT2D eigenvalue weighted by Crippen LogP contribution is 2.42. The van der Waals surface area contributed by atoms with Crippen molar-refractivity contribution < 1.29 is 47.4 Å². The third kappa shape index (κ3) is 7.01. The van der Waals surface area contributed by atoms with Gasteiger partial charge in [-0.15, -0.1) is 9.05 Å². The number of aliphatic hydroxyl groups is 3. The van der Waals surface area contributed by atoms with Crippen LogP contribution >= 0.6 is 39.0 Å². The standard InChI is InChI=1S/C24H27FN10O9P2S2/c25-13-17(43-45(39)47)12(6-37)42-23(13)34-9-32-14-19(28-7-30-21(14)34)26-3-1-2-4-27-20-15-22(31-8-29-20)35(10-33-15)24-18(44-46(40)48)16(38)11(5-36)41-24/h1-2,7-13,16-18,23-24,36-38H,3-6H2,(H2-2,26,27,28,29,30,31,39,40,47,48)/p+2/b2-1+/t11-,12-,13-,16-,17-,18?,23?,24-/m1/s1. The average molecular weight is 747 g/mol. The van der Waals surface area contributed by atoms with Crippen LogP contribution in [0.2, 0.25) is 0 Å². The molecule has 0 bridgehead atoms. The van der Waals surface area contributed by atoms with Crippen LogP contribution in [0.3, 0.4) is 0 Å². The summed E-state index contributed by atoms with van der Waals surface area (Å²) >= 11 is 7.45. The van der Waals surface area contributed by atoms with Crippen LogP contribution in [0.5, 0.6) is 0 Å². The Hall–Kier alpha value is -3.01. The van der Waals surface area contributed by atoms with E-state index in [4.69, 9.17) is 18.5 Å². The first-order chi connectivity index (χ1) is 23.2. The van der Waals surface area contributed by atoms with Crippen molar-refractivity contribution in [3.05, 3.63) is 37.5 Å². The highest BCUT2D eigenvalue weighted by molar-refractivity contribution is 8.39. The molecule has 0 spiro atoms. The Morgan fingerprint density at radius 2 is 1.31 bits per heavy atom. The van der Waals surface area contributed by atoms with Gasteiger partial charge in [0, 0.05) is 13.1 Å². The lowest BCUT2D eigenvalue weighted by Crippen LogP contribution is -2.34. The number of fused-ring (bicyclic) bond motifs is 2. The number of rotatable bonds is 14. The van der Waals surface area contributed by atoms with Gasteiger partial charge in [0.15, 0.2) is 64.8 Å². The predicted octanol–water partition coefficient (Wildman–Crippen LogP) is 1.47. The second kappa shape index (κ2) is 15.3. The van der Waals surface area contributed by atoms with Gasteiger partial charge in [0.2, 0.25) is 0 Å². The Morgan fingerprint density at radius 1 is 0.812 bits per heavy atom. The number of imidazole rings is 2. The van der Waals surface area contributed by atoms with Gasteiger partial charge >= 0.3 is 14.5 Å². The van der Waals surface area contributed by atoms with E-state index in [1.54, 1.807) is 0 Å². The first-order valence-corrected chi connectivity index (χ1v) is 18.9. The van der Waals surface area contributed by atoms with E-state index in [0.29, 0.717) is 41.4 Å². The lowest BCUT2D eigenvalue weighted by Gasteiger charge is -2.16. The molecule has 6 rings (SSSR count). The zero-order chi connectivity index (χ0) is 33.9. The smallest absolute Gasteiger partial charge is 0.394 e. The number of aromatic nitrogens is 8. The number of hydrogen-bond donors (Lipinski definition) is 7. The number of hydrogen-bond acceptors (Lipinski definition) is 17. The lowest BCUT2D eigenvalue weighted by molar-refractivity contribution is -0.0481. The molecule has 0 saturated carbocycles. The largest absolute Gasteiger partial charge is 0.582 e. The fourth-order valence-corrected chi connectivity index (χ4v) is 6.97. The van der Waals surface area contributed by atoms with Gasteiger partial charge < -0.3 is 35.4 Å². The van der Waals surface area contributed by atoms with Crippen LogP contribution in [-0.4, -0.2) is 117 Å². The molecule has 256 valence electrons. The molecule has 6 heterocycles. The Labute approximate surface area is 282 Å². The van der Waals surface area contributed by atoms with Gasteiger partial charge in [-0.3, -0.25) is 9.13 Å². The van der Waals surface area contributed by atoms with Crippen LogP contribution in [-0.2, 0) is 27.7 Å². The molecule has 4 aromatic heterocycles. The summed E-state index contributed by atoms with van der Waals surface area (Å²) in [6, 6.07) is 0. The van der Waals surface area contributed by atoms with Crippen molar-refractivity contribution in [2.75, 3.05) is 36.9 Å². The van der Waals surface area contributed by atoms with Gasteiger partial charge in [0.1, 0.15) is 55.5 Å². The van der Waals surface area contributed by atoms with Gasteiger partial charge in [0.05, 0.1) is 25.9 Å². The predicted molar refractivity (Wildman–Crippen MR) is 173 cm³/mol. The summed E-state index contributed by atoms with van der Waals surface area (Å²) in [5, 5.41) is 35.9. The zero-order valence-corrected chi connectivity index (χ0v) is 28.0. The Balaban J connectivity index is 1.08. The molecule has 19 nitrogen and oxygen atoms in total. The number of halogens is 1. The molecule has 2 fully saturated rings. The van der Waals surface area contributed by atoms with Gasteiger partial charge in [-0.25, -0.2) is 34.3 Å². The maximum Gasteiger partial charge on any atom is 0.582 e. The summed E-state index contributed by atoms with van der Waals surface area (Å²) in [6.45, 7) is -0.362. The second-order valence-electron chi connectivity index (χ2n) is 10.4. The fourth-order valence-electron chi connectivity index (χ4n) is 5.42. The molecule has 4 aromatic rings. The quantitative estimate of drug-likeness (QED) is 0.0549. The zero-order valence-electron chi connectivity index (χ0n) is 24.4. The summed E-state index contributed by atoms with van der Waals surface area (Å²) in [5.41, 5.74) is 1.36. The van der Waals surface area contributed by atoms with E-state index in [-0.39, 0.29) is 5.65 Å². The number of alkyl halides is 1. The summed E-state index contributed by atoms with van der Waals surface area (Å²) < 4.78 is 62.9. The van der Waals surface area contributed by atoms with Gasteiger partial charge in [0.25, 0.3) is 0 Å². The molecule has 0 aliphatic carbocycles. The van der Waals surface area contributed by atoms with Gasteiger partial charge in [-0.2, -0.15) is 0 Å². The number of nitrogens with one attached hydrogen (secondary N) is 2. The summed E-state index contributed by atoms with van der Waals surface area (Å²) in [6.07, 6.45) is -0.692. The number of thiol groups is 2. The number of nitrogens with zero attached hydrogens (tertiary/aromatic N) is 8. The van der Waals surface area contributed by atoms with E-state index in [0.717, 1.165) is 0 Å². The summed E-state index contributed by atoms with van der Waals surface area (Å²) in [4.78, 5) is 25.7. The Kier molecular flexibility index (Phi) is 11.1. The van der Waals surface area contributed by atoms with E-state index in [1.165, 1.54) is 34.4 Å². The Morgan fingerprint density at radius 3 is 1.83 bits per heavy atom. The van der Waals surface area contributed by atoms with Crippen molar-refractivity contribution in [1.82, 2.24) is 39.0 Å². The van der Waals surface area contributed by atoms with Crippen molar-refractivity contribution >= 4 is 72.9 Å². The minimum atomic E-state index is -2.43. The highest BCUT2D eigenvalue weighted by atomic mass is 32.7. The van der Waals surface area contributed by atoms with Crippen LogP contribution in [0, 0.1) is 0 Å². The van der Waals surface area contributed by atoms with E-state index in [2.05, 4.69) is 65.0 Å². The molecule has 2 aliphatic rings. The third-order valence-corrected chi connectivity index (χ3v) is 8.98. The van der Waals surface area contributed by atoms with Crippen LogP contribution < -0.4 is 10.6 Å². The average Bonchev–Trinajstić information content (AvgIpc) is 3.83. The Bertz CT molecular complexity index is 1820. The van der Waals surface area contributed by atoms with Crippen molar-refractivity contribution in [3.63, 3.8) is 0 Å². The van der Waals surface area contributed by atoms with E-state index in [9.17, 15) is 24.4 Å². The van der Waals surface area contributed by atoms with Crippen molar-refractivity contribution in [2.45, 2.75) is 49.1 Å². The molecular weight excluding hydrogens is 717 g/mol. The lowest BCUT2D eigenvalue weighted by atomic mass is 10.1. The minimum Gasteiger partial charge on any atom is -0.394 e. The summed E-state index contributed by atoms with van der Waals surface area (Å²) in [7, 11) is -4.81. The normalized spacial score (nSPS) is 28.1. The van der Waals surface area contributed by atoms with Crippen LogP contribution in [0.15, 0.2) is 37.5 Å². The highest BCUT2D eigenvalue weighted by Gasteiger charge is 2.51. The molecule has 24 heteroatoms. The van der Waals surface area contributed by atoms with E-state index >= 15 is 4.39 Å². The van der Waals surface area contributed by atoms with E-state index < -0.39 is 76.8 Å². The van der Waals surface area contributed by atoms with Gasteiger partial charge in [-0.05, 0) is 9.13 Å². The third-order valence-electron chi connectivity index (χ3n) is 7.57. The SMILES string of the molecule is O=[P+](S)OC1[C@H](n2cnc3c(NC/C=C/CNc4ncnc5c4ncn5C4O[C@H](CO)[C@@H](O[P+](=O)S)[C@H]4F)ncnc32)O[C@H](CO)[C@H]1O. The molecule has 48 heavy (non-hydrogen) atoms. The number of anilines is 2. The van der Waals surface area contributed by atoms with Crippen LogP contribution in [0.4, 0.5) is 16.0 Å². The maximum atomic E-state index is 15.2. The number of aliphatic hydroxyl groups excluding tert-OH is 3. The maximum absolute atomic E-state index is 15.2. The molecule has 0 aromatic carbocycles. The molecule has 10 atom stereocenters. The molecule has 0 amide bonds. The molecule has 0 radical (unpaired) electrons. The van der Waals surface area contributed by atoms with Crippen molar-refractivity contribution in [3.8, 4) is 0 Å². The fraction of sp³-hybridized carbons (Fsp3) is 0.500. The topological polar surface area (TPSA) is 243 Å². The molecular formula is C24H29FN10O9P2S2+2.